The van der Waals surface area contributed by atoms with Crippen molar-refractivity contribution in [3.8, 4) is 22.9 Å². The molecule has 1 heterocycles. The van der Waals surface area contributed by atoms with E-state index < -0.39 is 0 Å². The summed E-state index contributed by atoms with van der Waals surface area (Å²) < 4.78 is 5.16. The lowest BCUT2D eigenvalue weighted by molar-refractivity contribution is 0.102. The van der Waals surface area contributed by atoms with Crippen LogP contribution in [0.15, 0.2) is 48.5 Å². The van der Waals surface area contributed by atoms with Crippen LogP contribution in [0.5, 0.6) is 5.75 Å². The van der Waals surface area contributed by atoms with Gasteiger partial charge in [-0.1, -0.05) is 41.2 Å². The molecule has 0 atom stereocenters. The average Bonchev–Trinajstić information content (AvgIpc) is 2.97. The summed E-state index contributed by atoms with van der Waals surface area (Å²) in [6.07, 6.45) is 0. The zero-order valence-electron chi connectivity index (χ0n) is 14.4. The predicted octanol–water partition coefficient (Wildman–Crippen LogP) is 4.44. The Hall–Kier alpha value is -3.30. The number of nitrogens with zero attached hydrogens (tertiary/aromatic N) is 1. The van der Waals surface area contributed by atoms with E-state index in [-0.39, 0.29) is 5.91 Å². The summed E-state index contributed by atoms with van der Waals surface area (Å²) in [6, 6.07) is 16.7. The summed E-state index contributed by atoms with van der Waals surface area (Å²) in [5, 5.41) is 13.3. The monoisotopic (exact) mass is 363 g/mol. The fourth-order valence-electron chi connectivity index (χ4n) is 2.57. The quantitative estimate of drug-likeness (QED) is 0.717. The Morgan fingerprint density at radius 2 is 1.81 bits per heavy atom. The molecule has 26 heavy (non-hydrogen) atoms. The Balaban J connectivity index is 1.95. The Bertz CT molecular complexity index is 984. The van der Waals surface area contributed by atoms with Gasteiger partial charge in [0.25, 0.3) is 5.91 Å². The van der Waals surface area contributed by atoms with Crippen LogP contribution in [0.4, 0.5) is 10.0 Å². The summed E-state index contributed by atoms with van der Waals surface area (Å²) >= 11 is 1.19. The number of nitriles is 1. The SMILES string of the molecule is COc1ccc(-c2c(N)sc(NC(=O)c3ccc(C)cc3)c2C#N)cc1. The Morgan fingerprint density at radius 3 is 2.38 bits per heavy atom. The highest BCUT2D eigenvalue weighted by Crippen LogP contribution is 2.42. The number of ether oxygens (including phenoxy) is 1. The molecule has 0 radical (unpaired) electrons. The maximum atomic E-state index is 12.5. The van der Waals surface area contributed by atoms with Gasteiger partial charge in [0, 0.05) is 11.1 Å². The number of nitrogens with one attached hydrogen (secondary N) is 1. The fourth-order valence-corrected chi connectivity index (χ4v) is 3.50. The lowest BCUT2D eigenvalue weighted by Gasteiger charge is -2.05. The van der Waals surface area contributed by atoms with Gasteiger partial charge in [-0.3, -0.25) is 4.79 Å². The maximum absolute atomic E-state index is 12.5. The molecular weight excluding hydrogens is 346 g/mol. The maximum Gasteiger partial charge on any atom is 0.256 e. The highest BCUT2D eigenvalue weighted by molar-refractivity contribution is 7.21. The van der Waals surface area contributed by atoms with E-state index in [4.69, 9.17) is 10.5 Å². The minimum absolute atomic E-state index is 0.274. The number of nitrogen functional groups attached to an aromatic ring is 1. The van der Waals surface area contributed by atoms with Gasteiger partial charge in [0.1, 0.15) is 16.8 Å². The van der Waals surface area contributed by atoms with Crippen molar-refractivity contribution in [2.45, 2.75) is 6.92 Å². The van der Waals surface area contributed by atoms with E-state index in [1.165, 1.54) is 11.3 Å². The minimum atomic E-state index is -0.274. The van der Waals surface area contributed by atoms with Crippen molar-refractivity contribution in [1.29, 1.82) is 5.26 Å². The number of rotatable bonds is 4. The number of hydrogen-bond acceptors (Lipinski definition) is 5. The Labute approximate surface area is 155 Å². The Kier molecular flexibility index (Phi) is 4.92. The molecule has 130 valence electrons. The van der Waals surface area contributed by atoms with E-state index in [2.05, 4.69) is 11.4 Å². The Morgan fingerprint density at radius 1 is 1.15 bits per heavy atom. The summed E-state index contributed by atoms with van der Waals surface area (Å²) in [4.78, 5) is 12.5. The van der Waals surface area contributed by atoms with Crippen LogP contribution in [-0.4, -0.2) is 13.0 Å². The number of hydrogen-bond donors (Lipinski definition) is 2. The highest BCUT2D eigenvalue weighted by Gasteiger charge is 2.20. The van der Waals surface area contributed by atoms with Gasteiger partial charge in [-0.05, 0) is 36.8 Å². The van der Waals surface area contributed by atoms with Crippen LogP contribution >= 0.6 is 11.3 Å². The number of carbonyl (C=O) groups excluding carboxylic acids is 1. The second kappa shape index (κ2) is 7.30. The third kappa shape index (κ3) is 3.39. The van der Waals surface area contributed by atoms with Gasteiger partial charge >= 0.3 is 0 Å². The average molecular weight is 363 g/mol. The third-order valence-electron chi connectivity index (χ3n) is 3.97. The van der Waals surface area contributed by atoms with Gasteiger partial charge in [0.15, 0.2) is 0 Å². The number of aryl methyl sites for hydroxylation is 1. The number of carbonyl (C=O) groups is 1. The van der Waals surface area contributed by atoms with Crippen molar-refractivity contribution < 1.29 is 9.53 Å². The molecule has 3 N–H and O–H groups in total. The molecule has 0 fully saturated rings. The second-order valence-corrected chi connectivity index (χ2v) is 6.76. The van der Waals surface area contributed by atoms with Crippen LogP contribution < -0.4 is 15.8 Å². The van der Waals surface area contributed by atoms with Crippen molar-refractivity contribution in [2.24, 2.45) is 0 Å². The van der Waals surface area contributed by atoms with Crippen molar-refractivity contribution in [3.05, 3.63) is 65.2 Å². The standard InChI is InChI=1S/C20H17N3O2S/c1-12-3-5-14(6-4-12)19(24)23-20-16(11-21)17(18(22)26-20)13-7-9-15(25-2)10-8-13/h3-10H,22H2,1-2H3,(H,23,24). The lowest BCUT2D eigenvalue weighted by atomic mass is 10.0. The van der Waals surface area contributed by atoms with Crippen molar-refractivity contribution in [1.82, 2.24) is 0 Å². The summed E-state index contributed by atoms with van der Waals surface area (Å²) in [6.45, 7) is 1.95. The first-order valence-corrected chi connectivity index (χ1v) is 8.70. The largest absolute Gasteiger partial charge is 0.497 e. The van der Waals surface area contributed by atoms with Crippen molar-refractivity contribution in [3.63, 3.8) is 0 Å². The number of anilines is 2. The molecule has 2 aromatic carbocycles. The van der Waals surface area contributed by atoms with Crippen LogP contribution in [0.25, 0.3) is 11.1 Å². The molecular formula is C20H17N3O2S. The van der Waals surface area contributed by atoms with Crippen LogP contribution in [0.1, 0.15) is 21.5 Å². The topological polar surface area (TPSA) is 88.1 Å². The summed E-state index contributed by atoms with van der Waals surface area (Å²) in [5.41, 5.74) is 9.52. The number of amides is 1. The van der Waals surface area contributed by atoms with Crippen LogP contribution in [-0.2, 0) is 0 Å². The molecule has 0 spiro atoms. The molecule has 3 aromatic rings. The van der Waals surface area contributed by atoms with Crippen LogP contribution in [0.2, 0.25) is 0 Å². The van der Waals surface area contributed by atoms with E-state index in [9.17, 15) is 10.1 Å². The van der Waals surface area contributed by atoms with Crippen LogP contribution in [0.3, 0.4) is 0 Å². The molecule has 0 saturated heterocycles. The first kappa shape index (κ1) is 17.5. The van der Waals surface area contributed by atoms with E-state index in [1.807, 2.05) is 31.2 Å². The third-order valence-corrected chi connectivity index (χ3v) is 4.90. The lowest BCUT2D eigenvalue weighted by Crippen LogP contribution is -2.11. The fraction of sp³-hybridized carbons (Fsp3) is 0.100. The summed E-state index contributed by atoms with van der Waals surface area (Å²) in [5.74, 6) is 0.443. The zero-order valence-corrected chi connectivity index (χ0v) is 15.2. The van der Waals surface area contributed by atoms with E-state index in [1.54, 1.807) is 31.4 Å². The molecule has 1 amide bonds. The number of benzene rings is 2. The number of methoxy groups -OCH3 is 1. The molecule has 0 aliphatic rings. The second-order valence-electron chi connectivity index (χ2n) is 5.71. The summed E-state index contributed by atoms with van der Waals surface area (Å²) in [7, 11) is 1.59. The molecule has 0 bridgehead atoms. The normalized spacial score (nSPS) is 10.2. The van der Waals surface area contributed by atoms with Gasteiger partial charge in [-0.2, -0.15) is 5.26 Å². The molecule has 1 aromatic heterocycles. The smallest absolute Gasteiger partial charge is 0.256 e. The molecule has 0 saturated carbocycles. The molecule has 0 aliphatic heterocycles. The minimum Gasteiger partial charge on any atom is -0.497 e. The zero-order chi connectivity index (χ0) is 18.7. The van der Waals surface area contributed by atoms with Gasteiger partial charge in [-0.25, -0.2) is 0 Å². The van der Waals surface area contributed by atoms with E-state index >= 15 is 0 Å². The molecule has 0 unspecified atom stereocenters. The van der Waals surface area contributed by atoms with Gasteiger partial charge in [0.05, 0.1) is 17.7 Å². The van der Waals surface area contributed by atoms with Gasteiger partial charge in [-0.15, -0.1) is 0 Å². The molecule has 3 rings (SSSR count). The predicted molar refractivity (Wildman–Crippen MR) is 105 cm³/mol. The van der Waals surface area contributed by atoms with Gasteiger partial charge in [0.2, 0.25) is 0 Å². The number of thiophene rings is 1. The highest BCUT2D eigenvalue weighted by atomic mass is 32.1. The van der Waals surface area contributed by atoms with Crippen molar-refractivity contribution in [2.75, 3.05) is 18.2 Å². The molecule has 6 heteroatoms. The van der Waals surface area contributed by atoms with Crippen LogP contribution in [0, 0.1) is 18.3 Å². The first-order valence-electron chi connectivity index (χ1n) is 7.88. The van der Waals surface area contributed by atoms with E-state index in [0.717, 1.165) is 11.1 Å². The van der Waals surface area contributed by atoms with E-state index in [0.29, 0.717) is 32.4 Å². The van der Waals surface area contributed by atoms with Gasteiger partial charge < -0.3 is 15.8 Å². The number of nitrogens with two attached hydrogens (primary N) is 1. The molecule has 5 nitrogen and oxygen atoms in total. The van der Waals surface area contributed by atoms with Crippen molar-refractivity contribution >= 4 is 27.2 Å². The first-order chi connectivity index (χ1) is 12.5. The molecule has 0 aliphatic carbocycles.